The molecule has 0 radical (unpaired) electrons. The van der Waals surface area contributed by atoms with Crippen molar-refractivity contribution in [3.05, 3.63) is 39.2 Å². The van der Waals surface area contributed by atoms with Gasteiger partial charge < -0.3 is 5.32 Å². The van der Waals surface area contributed by atoms with Crippen molar-refractivity contribution in [3.63, 3.8) is 0 Å². The molecule has 2 heterocycles. The van der Waals surface area contributed by atoms with E-state index in [-0.39, 0.29) is 11.4 Å². The number of halogens is 5. The molecule has 1 amide bonds. The molecule has 0 aromatic carbocycles. The van der Waals surface area contributed by atoms with Crippen LogP contribution in [0.4, 0.5) is 19.0 Å². The number of nitrogens with zero attached hydrogens (tertiary/aromatic N) is 2. The normalized spacial score (nSPS) is 11.4. The Hall–Kier alpha value is -1.61. The summed E-state index contributed by atoms with van der Waals surface area (Å²) in [6.07, 6.45) is -3.22. The van der Waals surface area contributed by atoms with Gasteiger partial charge in [-0.15, -0.1) is 0 Å². The van der Waals surface area contributed by atoms with Crippen LogP contribution in [0.5, 0.6) is 0 Å². The molecule has 2 N–H and O–H groups in total. The Labute approximate surface area is 123 Å². The van der Waals surface area contributed by atoms with Crippen LogP contribution in [0.25, 0.3) is 0 Å². The van der Waals surface area contributed by atoms with E-state index >= 15 is 0 Å². The minimum atomic E-state index is -4.62. The first-order valence-electron chi connectivity index (χ1n) is 5.03. The van der Waals surface area contributed by atoms with Crippen LogP contribution < -0.4 is 5.32 Å². The Morgan fingerprint density at radius 1 is 1.40 bits per heavy atom. The van der Waals surface area contributed by atoms with E-state index in [1.165, 1.54) is 6.20 Å². The van der Waals surface area contributed by atoms with Gasteiger partial charge >= 0.3 is 6.18 Å². The predicted octanol–water partition coefficient (Wildman–Crippen LogP) is 3.49. The molecule has 0 aliphatic heterocycles. The van der Waals surface area contributed by atoms with Gasteiger partial charge in [0.1, 0.15) is 16.7 Å². The Morgan fingerprint density at radius 3 is 2.60 bits per heavy atom. The summed E-state index contributed by atoms with van der Waals surface area (Å²) in [7, 11) is 0. The number of rotatable bonds is 2. The third-order valence-corrected chi connectivity index (χ3v) is 3.10. The molecule has 0 aliphatic carbocycles. The zero-order chi connectivity index (χ0) is 14.9. The molecule has 0 saturated carbocycles. The number of hydrogen-bond acceptors (Lipinski definition) is 3. The van der Waals surface area contributed by atoms with Crippen LogP contribution >= 0.6 is 27.5 Å². The van der Waals surface area contributed by atoms with Gasteiger partial charge in [0.25, 0.3) is 5.91 Å². The lowest BCUT2D eigenvalue weighted by Crippen LogP contribution is -2.15. The molecule has 2 aromatic rings. The lowest BCUT2D eigenvalue weighted by Gasteiger charge is -2.08. The number of H-pyrrole nitrogens is 1. The van der Waals surface area contributed by atoms with Gasteiger partial charge in [0.15, 0.2) is 0 Å². The molecule has 10 heteroatoms. The highest BCUT2D eigenvalue weighted by atomic mass is 79.9. The van der Waals surface area contributed by atoms with E-state index in [0.29, 0.717) is 10.5 Å². The van der Waals surface area contributed by atoms with Gasteiger partial charge in [0, 0.05) is 0 Å². The summed E-state index contributed by atoms with van der Waals surface area (Å²) in [6.45, 7) is 0. The lowest BCUT2D eigenvalue weighted by molar-refractivity contribution is -0.141. The minimum Gasteiger partial charge on any atom is -0.306 e. The number of alkyl halides is 3. The predicted molar refractivity (Wildman–Crippen MR) is 68.5 cm³/mol. The van der Waals surface area contributed by atoms with Gasteiger partial charge in [0.2, 0.25) is 0 Å². The summed E-state index contributed by atoms with van der Waals surface area (Å²) < 4.78 is 37.7. The second-order valence-electron chi connectivity index (χ2n) is 3.58. The molecular weight excluding hydrogens is 364 g/mol. The van der Waals surface area contributed by atoms with Gasteiger partial charge in [-0.3, -0.25) is 9.89 Å². The fraction of sp³-hybridized carbons (Fsp3) is 0.100. The summed E-state index contributed by atoms with van der Waals surface area (Å²) in [4.78, 5) is 15.0. The summed E-state index contributed by atoms with van der Waals surface area (Å²) in [5.41, 5.74) is -1.34. The molecule has 2 rings (SSSR count). The van der Waals surface area contributed by atoms with E-state index in [9.17, 15) is 18.0 Å². The molecule has 0 saturated heterocycles. The Balaban J connectivity index is 2.25. The van der Waals surface area contributed by atoms with E-state index in [1.807, 2.05) is 0 Å². The highest BCUT2D eigenvalue weighted by Crippen LogP contribution is 2.29. The topological polar surface area (TPSA) is 70.7 Å². The second kappa shape index (κ2) is 5.41. The van der Waals surface area contributed by atoms with Crippen LogP contribution in [0.15, 0.2) is 22.8 Å². The van der Waals surface area contributed by atoms with Crippen molar-refractivity contribution in [1.29, 1.82) is 0 Å². The molecule has 0 bridgehead atoms. The van der Waals surface area contributed by atoms with Crippen molar-refractivity contribution < 1.29 is 18.0 Å². The molecule has 0 atom stereocenters. The average molecular weight is 370 g/mol. The SMILES string of the molecule is O=C(Nc1[nH]ncc1Br)c1ccc(C(F)(F)F)nc1Cl. The summed E-state index contributed by atoms with van der Waals surface area (Å²) in [5.74, 6) is -0.452. The molecule has 0 unspecified atom stereocenters. The van der Waals surface area contributed by atoms with Gasteiger partial charge in [-0.25, -0.2) is 4.98 Å². The standard InChI is InChI=1S/C10H5BrClF3N4O/c11-5-3-16-19-8(5)18-9(20)4-1-2-6(10(13,14)15)17-7(4)12/h1-3H,(H2,16,18,19,20). The summed E-state index contributed by atoms with van der Waals surface area (Å²) >= 11 is 8.72. The summed E-state index contributed by atoms with van der Waals surface area (Å²) in [6, 6.07) is 1.64. The van der Waals surface area contributed by atoms with Crippen LogP contribution in [0, 0.1) is 0 Å². The number of aromatic nitrogens is 3. The fourth-order valence-corrected chi connectivity index (χ4v) is 1.83. The third-order valence-electron chi connectivity index (χ3n) is 2.22. The minimum absolute atomic E-state index is 0.179. The highest BCUT2D eigenvalue weighted by molar-refractivity contribution is 9.10. The van der Waals surface area contributed by atoms with Crippen molar-refractivity contribution in [3.8, 4) is 0 Å². The van der Waals surface area contributed by atoms with Gasteiger partial charge in [-0.05, 0) is 28.1 Å². The number of carbonyl (C=O) groups is 1. The zero-order valence-corrected chi connectivity index (χ0v) is 11.8. The molecule has 0 spiro atoms. The first kappa shape index (κ1) is 14.8. The van der Waals surface area contributed by atoms with Crippen LogP contribution in [-0.2, 0) is 6.18 Å². The van der Waals surface area contributed by atoms with E-state index in [4.69, 9.17) is 11.6 Å². The Kier molecular flexibility index (Phi) is 4.00. The maximum absolute atomic E-state index is 12.4. The molecule has 0 aliphatic rings. The smallest absolute Gasteiger partial charge is 0.306 e. The first-order chi connectivity index (χ1) is 9.29. The van der Waals surface area contributed by atoms with Crippen LogP contribution in [0.2, 0.25) is 5.15 Å². The van der Waals surface area contributed by atoms with Gasteiger partial charge in [-0.1, -0.05) is 11.6 Å². The molecule has 2 aromatic heterocycles. The number of pyridine rings is 1. The fourth-order valence-electron chi connectivity index (χ4n) is 1.30. The average Bonchev–Trinajstić information content (AvgIpc) is 2.73. The van der Waals surface area contributed by atoms with E-state index < -0.39 is 22.9 Å². The van der Waals surface area contributed by atoms with Crippen LogP contribution in [0.3, 0.4) is 0 Å². The highest BCUT2D eigenvalue weighted by Gasteiger charge is 2.33. The molecular formula is C10H5BrClF3N4O. The number of amides is 1. The van der Waals surface area contributed by atoms with Crippen molar-refractivity contribution in [2.45, 2.75) is 6.18 Å². The van der Waals surface area contributed by atoms with E-state index in [1.54, 1.807) is 0 Å². The van der Waals surface area contributed by atoms with Gasteiger partial charge in [-0.2, -0.15) is 18.3 Å². The number of anilines is 1. The molecule has 0 fully saturated rings. The number of nitrogens with one attached hydrogen (secondary N) is 2. The van der Waals surface area contributed by atoms with E-state index in [2.05, 4.69) is 36.4 Å². The monoisotopic (exact) mass is 368 g/mol. The third kappa shape index (κ3) is 3.10. The number of carbonyl (C=O) groups excluding carboxylic acids is 1. The molecule has 106 valence electrons. The summed E-state index contributed by atoms with van der Waals surface area (Å²) in [5, 5.41) is 8.00. The Bertz CT molecular complexity index is 658. The van der Waals surface area contributed by atoms with Crippen molar-refractivity contribution in [1.82, 2.24) is 15.2 Å². The van der Waals surface area contributed by atoms with Crippen LogP contribution in [0.1, 0.15) is 16.1 Å². The molecule has 20 heavy (non-hydrogen) atoms. The van der Waals surface area contributed by atoms with Crippen molar-refractivity contribution >= 4 is 39.3 Å². The van der Waals surface area contributed by atoms with Crippen LogP contribution in [-0.4, -0.2) is 21.1 Å². The largest absolute Gasteiger partial charge is 0.433 e. The maximum atomic E-state index is 12.4. The lowest BCUT2D eigenvalue weighted by atomic mass is 10.2. The second-order valence-corrected chi connectivity index (χ2v) is 4.79. The maximum Gasteiger partial charge on any atom is 0.433 e. The van der Waals surface area contributed by atoms with Crippen molar-refractivity contribution in [2.75, 3.05) is 5.32 Å². The van der Waals surface area contributed by atoms with Gasteiger partial charge in [0.05, 0.1) is 16.2 Å². The zero-order valence-electron chi connectivity index (χ0n) is 9.42. The molecule has 5 nitrogen and oxygen atoms in total. The Morgan fingerprint density at radius 2 is 2.10 bits per heavy atom. The van der Waals surface area contributed by atoms with Crippen molar-refractivity contribution in [2.24, 2.45) is 0 Å². The number of hydrogen-bond donors (Lipinski definition) is 2. The number of aromatic amines is 1. The quantitative estimate of drug-likeness (QED) is 0.796. The van der Waals surface area contributed by atoms with E-state index in [0.717, 1.165) is 6.07 Å². The first-order valence-corrected chi connectivity index (χ1v) is 6.20.